The number of hydrogen-bond acceptors (Lipinski definition) is 8. The van der Waals surface area contributed by atoms with E-state index in [2.05, 4.69) is 28.6 Å². The maximum atomic E-state index is 13.6. The number of aryl methyl sites for hydroxylation is 1. The third kappa shape index (κ3) is 8.65. The van der Waals surface area contributed by atoms with E-state index in [1.807, 2.05) is 59.1 Å². The standard InChI is InChI=1S/C32H39N3O5S/c1-21(2)27-19-28(22(3)18-29(27)39-17-16-35(6)7)40-31(37)26-15-11-9-13-24(26)23-12-8-10-14-25(23)30(36)33-20-32(4,5)41-34-38/h8-15,18-19,21H,16-17,20H2,1-7H3,(H,33,36). The molecule has 41 heavy (non-hydrogen) atoms. The van der Waals surface area contributed by atoms with Crippen LogP contribution in [0.15, 0.2) is 65.2 Å². The van der Waals surface area contributed by atoms with Gasteiger partial charge in [0.25, 0.3) is 5.91 Å². The number of carbonyl (C=O) groups is 2. The molecule has 0 spiro atoms. The van der Waals surface area contributed by atoms with Crippen molar-refractivity contribution in [3.63, 3.8) is 0 Å². The summed E-state index contributed by atoms with van der Waals surface area (Å²) in [5.74, 6) is 0.564. The van der Waals surface area contributed by atoms with Crippen LogP contribution in [0, 0.1) is 11.8 Å². The first kappa shape index (κ1) is 31.8. The van der Waals surface area contributed by atoms with E-state index in [0.717, 1.165) is 35.4 Å². The maximum absolute atomic E-state index is 13.6. The van der Waals surface area contributed by atoms with E-state index in [1.54, 1.807) is 36.4 Å². The Labute approximate surface area is 246 Å². The molecule has 0 heterocycles. The van der Waals surface area contributed by atoms with Crippen LogP contribution in [0.5, 0.6) is 11.5 Å². The zero-order chi connectivity index (χ0) is 30.2. The lowest BCUT2D eigenvalue weighted by Gasteiger charge is -2.21. The van der Waals surface area contributed by atoms with Crippen LogP contribution < -0.4 is 14.8 Å². The van der Waals surface area contributed by atoms with E-state index < -0.39 is 10.7 Å². The van der Waals surface area contributed by atoms with Crippen molar-refractivity contribution in [3.05, 3.63) is 87.8 Å². The Bertz CT molecular complexity index is 1390. The van der Waals surface area contributed by atoms with Crippen molar-refractivity contribution < 1.29 is 19.1 Å². The van der Waals surface area contributed by atoms with E-state index in [0.29, 0.717) is 34.6 Å². The summed E-state index contributed by atoms with van der Waals surface area (Å²) in [5, 5.41) is 2.88. The van der Waals surface area contributed by atoms with Gasteiger partial charge in [-0.2, -0.15) is 0 Å². The van der Waals surface area contributed by atoms with Crippen LogP contribution in [-0.2, 0) is 0 Å². The molecule has 0 bridgehead atoms. The molecule has 0 fully saturated rings. The van der Waals surface area contributed by atoms with Gasteiger partial charge in [-0.15, -0.1) is 4.91 Å². The number of ether oxygens (including phenoxy) is 2. The summed E-state index contributed by atoms with van der Waals surface area (Å²) in [6.07, 6.45) is 0. The van der Waals surface area contributed by atoms with Crippen molar-refractivity contribution in [2.75, 3.05) is 33.8 Å². The highest BCUT2D eigenvalue weighted by molar-refractivity contribution is 7.99. The van der Waals surface area contributed by atoms with Crippen molar-refractivity contribution in [3.8, 4) is 22.6 Å². The smallest absolute Gasteiger partial charge is 0.344 e. The summed E-state index contributed by atoms with van der Waals surface area (Å²) in [4.78, 5) is 39.5. The molecule has 0 unspecified atom stereocenters. The zero-order valence-corrected chi connectivity index (χ0v) is 25.6. The molecule has 1 amide bonds. The second-order valence-electron chi connectivity index (χ2n) is 11.1. The van der Waals surface area contributed by atoms with Crippen LogP contribution in [0.2, 0.25) is 0 Å². The molecule has 8 nitrogen and oxygen atoms in total. The summed E-state index contributed by atoms with van der Waals surface area (Å²) in [6.45, 7) is 11.3. The molecule has 0 aliphatic rings. The van der Waals surface area contributed by atoms with E-state index >= 15 is 0 Å². The van der Waals surface area contributed by atoms with Gasteiger partial charge in [0.2, 0.25) is 0 Å². The van der Waals surface area contributed by atoms with E-state index in [1.165, 1.54) is 0 Å². The van der Waals surface area contributed by atoms with E-state index in [9.17, 15) is 14.5 Å². The molecule has 0 radical (unpaired) electrons. The average Bonchev–Trinajstić information content (AvgIpc) is 2.92. The summed E-state index contributed by atoms with van der Waals surface area (Å²) < 4.78 is 14.3. The molecule has 3 rings (SSSR count). The number of hydrogen-bond donors (Lipinski definition) is 1. The molecule has 1 N–H and O–H groups in total. The zero-order valence-electron chi connectivity index (χ0n) is 24.8. The monoisotopic (exact) mass is 577 g/mol. The molecule has 218 valence electrons. The highest BCUT2D eigenvalue weighted by Crippen LogP contribution is 2.35. The predicted octanol–water partition coefficient (Wildman–Crippen LogP) is 6.87. The Balaban J connectivity index is 1.90. The molecule has 9 heteroatoms. The van der Waals surface area contributed by atoms with Gasteiger partial charge < -0.3 is 19.7 Å². The van der Waals surface area contributed by atoms with Gasteiger partial charge in [-0.3, -0.25) is 4.79 Å². The first-order valence-electron chi connectivity index (χ1n) is 13.5. The number of nitrogens with zero attached hydrogens (tertiary/aromatic N) is 2. The molecule has 3 aromatic carbocycles. The van der Waals surface area contributed by atoms with Gasteiger partial charge in [-0.1, -0.05) is 50.2 Å². The largest absolute Gasteiger partial charge is 0.492 e. The van der Waals surface area contributed by atoms with Crippen molar-refractivity contribution >= 4 is 23.8 Å². The first-order chi connectivity index (χ1) is 19.4. The SMILES string of the molecule is Cc1cc(OCCN(C)C)c(C(C)C)cc1OC(=O)c1ccccc1-c1ccccc1C(=O)NCC(C)(C)SN=O. The Morgan fingerprint density at radius 1 is 0.976 bits per heavy atom. The normalized spacial score (nSPS) is 11.4. The Kier molecular flexibility index (Phi) is 11.1. The predicted molar refractivity (Wildman–Crippen MR) is 166 cm³/mol. The second-order valence-corrected chi connectivity index (χ2v) is 12.5. The number of amides is 1. The molecule has 0 aliphatic carbocycles. The van der Waals surface area contributed by atoms with Crippen molar-refractivity contribution in [2.45, 2.75) is 45.3 Å². The molecule has 0 saturated heterocycles. The minimum atomic E-state index is -0.562. The first-order valence-corrected chi connectivity index (χ1v) is 14.3. The van der Waals surface area contributed by atoms with Crippen molar-refractivity contribution in [1.82, 2.24) is 10.2 Å². The molecule has 0 atom stereocenters. The van der Waals surface area contributed by atoms with Crippen molar-refractivity contribution in [1.29, 1.82) is 0 Å². The van der Waals surface area contributed by atoms with E-state index in [-0.39, 0.29) is 18.4 Å². The summed E-state index contributed by atoms with van der Waals surface area (Å²) in [6, 6.07) is 18.0. The Morgan fingerprint density at radius 3 is 2.20 bits per heavy atom. The lowest BCUT2D eigenvalue weighted by molar-refractivity contribution is 0.0733. The lowest BCUT2D eigenvalue weighted by atomic mass is 9.94. The Hall–Kier alpha value is -3.69. The van der Waals surface area contributed by atoms with Gasteiger partial charge in [-0.25, -0.2) is 4.79 Å². The third-order valence-electron chi connectivity index (χ3n) is 6.50. The van der Waals surface area contributed by atoms with Crippen LogP contribution in [0.25, 0.3) is 11.1 Å². The lowest BCUT2D eigenvalue weighted by Crippen LogP contribution is -2.36. The van der Waals surface area contributed by atoms with Gasteiger partial charge in [0, 0.05) is 40.7 Å². The maximum Gasteiger partial charge on any atom is 0.344 e. The number of nitrogens with one attached hydrogen (secondary N) is 1. The highest BCUT2D eigenvalue weighted by Gasteiger charge is 2.24. The number of carbonyl (C=O) groups excluding carboxylic acids is 2. The van der Waals surface area contributed by atoms with Crippen molar-refractivity contribution in [2.24, 2.45) is 4.58 Å². The minimum absolute atomic E-state index is 0.158. The summed E-state index contributed by atoms with van der Waals surface area (Å²) in [7, 11) is 3.99. The Morgan fingerprint density at radius 2 is 1.59 bits per heavy atom. The molecule has 3 aromatic rings. The number of rotatable bonds is 13. The van der Waals surface area contributed by atoms with Crippen LogP contribution in [0.3, 0.4) is 0 Å². The topological polar surface area (TPSA) is 97.3 Å². The second kappa shape index (κ2) is 14.3. The molecule has 0 aromatic heterocycles. The number of esters is 1. The fourth-order valence-electron chi connectivity index (χ4n) is 4.19. The van der Waals surface area contributed by atoms with Gasteiger partial charge in [0.1, 0.15) is 18.1 Å². The van der Waals surface area contributed by atoms with Gasteiger partial charge >= 0.3 is 5.97 Å². The van der Waals surface area contributed by atoms with Crippen LogP contribution in [-0.4, -0.2) is 55.3 Å². The molecule has 0 aliphatic heterocycles. The highest BCUT2D eigenvalue weighted by atomic mass is 32.2. The minimum Gasteiger partial charge on any atom is -0.492 e. The van der Waals surface area contributed by atoms with Gasteiger partial charge in [-0.05, 0) is 81.7 Å². The fraction of sp³-hybridized carbons (Fsp3) is 0.375. The number of likely N-dealkylation sites (N-methyl/N-ethyl adjacent to an activating group) is 1. The van der Waals surface area contributed by atoms with Gasteiger partial charge in [0.15, 0.2) is 0 Å². The number of nitroso groups, excluding NO2 is 1. The molecular weight excluding hydrogens is 538 g/mol. The fourth-order valence-corrected chi connectivity index (χ4v) is 4.53. The number of benzene rings is 3. The van der Waals surface area contributed by atoms with Crippen LogP contribution >= 0.6 is 11.9 Å². The van der Waals surface area contributed by atoms with E-state index in [4.69, 9.17) is 9.47 Å². The third-order valence-corrected chi connectivity index (χ3v) is 7.21. The molecule has 0 saturated carbocycles. The summed E-state index contributed by atoms with van der Waals surface area (Å²) >= 11 is 0.872. The quantitative estimate of drug-likeness (QED) is 0.102. The average molecular weight is 578 g/mol. The van der Waals surface area contributed by atoms with Crippen LogP contribution in [0.1, 0.15) is 65.5 Å². The molecular formula is C32H39N3O5S. The van der Waals surface area contributed by atoms with Gasteiger partial charge in [0.05, 0.1) is 10.3 Å². The van der Waals surface area contributed by atoms with Crippen LogP contribution in [0.4, 0.5) is 0 Å². The summed E-state index contributed by atoms with van der Waals surface area (Å²) in [5.41, 5.74) is 3.66.